The van der Waals surface area contributed by atoms with Crippen molar-refractivity contribution in [3.05, 3.63) is 60.7 Å². The molecule has 5 heteroatoms. The molecule has 4 rings (SSSR count). The summed E-state index contributed by atoms with van der Waals surface area (Å²) < 4.78 is 0. The monoisotopic (exact) mass is 316 g/mol. The Morgan fingerprint density at radius 2 is 1.29 bits per heavy atom. The number of nitrogens with two attached hydrogens (primary N) is 2. The molecular weight excluding hydrogens is 300 g/mol. The van der Waals surface area contributed by atoms with Gasteiger partial charge in [0.05, 0.1) is 16.7 Å². The number of aromatic hydroxyl groups is 1. The fourth-order valence-electron chi connectivity index (χ4n) is 2.80. The zero-order valence-electron chi connectivity index (χ0n) is 12.8. The molecule has 0 unspecified atom stereocenters. The van der Waals surface area contributed by atoms with Gasteiger partial charge in [-0.3, -0.25) is 0 Å². The lowest BCUT2D eigenvalue weighted by molar-refractivity contribution is 0.475. The Labute approximate surface area is 138 Å². The van der Waals surface area contributed by atoms with Crippen molar-refractivity contribution in [2.45, 2.75) is 0 Å². The molecule has 0 saturated carbocycles. The van der Waals surface area contributed by atoms with E-state index in [4.69, 9.17) is 11.5 Å². The molecule has 0 amide bonds. The number of benzene rings is 3. The van der Waals surface area contributed by atoms with Crippen molar-refractivity contribution >= 4 is 44.6 Å². The third-order valence-corrected chi connectivity index (χ3v) is 3.96. The van der Waals surface area contributed by atoms with Crippen LogP contribution in [0.4, 0.5) is 22.7 Å². The van der Waals surface area contributed by atoms with E-state index in [1.54, 1.807) is 12.1 Å². The number of nitrogens with one attached hydrogen (secondary N) is 1. The molecule has 3 aromatic carbocycles. The highest BCUT2D eigenvalue weighted by molar-refractivity contribution is 6.09. The minimum absolute atomic E-state index is 0.227. The summed E-state index contributed by atoms with van der Waals surface area (Å²) in [6.07, 6.45) is 0. The van der Waals surface area contributed by atoms with Gasteiger partial charge < -0.3 is 21.9 Å². The molecule has 1 aromatic heterocycles. The highest BCUT2D eigenvalue weighted by Gasteiger charge is 2.10. The van der Waals surface area contributed by atoms with Crippen molar-refractivity contribution < 1.29 is 5.11 Å². The number of hydrogen-bond donors (Lipinski definition) is 4. The van der Waals surface area contributed by atoms with Crippen molar-refractivity contribution in [2.75, 3.05) is 16.8 Å². The number of rotatable bonds is 2. The fourth-order valence-corrected chi connectivity index (χ4v) is 2.80. The number of pyridine rings is 1. The second-order valence-electron chi connectivity index (χ2n) is 5.71. The van der Waals surface area contributed by atoms with E-state index in [9.17, 15) is 5.11 Å². The van der Waals surface area contributed by atoms with E-state index >= 15 is 0 Å². The second-order valence-corrected chi connectivity index (χ2v) is 5.71. The first-order valence-corrected chi connectivity index (χ1v) is 7.55. The zero-order valence-corrected chi connectivity index (χ0v) is 12.8. The van der Waals surface area contributed by atoms with Crippen LogP contribution < -0.4 is 16.8 Å². The summed E-state index contributed by atoms with van der Waals surface area (Å²) in [5.74, 6) is 0.227. The van der Waals surface area contributed by atoms with Crippen LogP contribution in [0.15, 0.2) is 60.7 Å². The van der Waals surface area contributed by atoms with Crippen molar-refractivity contribution in [1.29, 1.82) is 0 Å². The Morgan fingerprint density at radius 3 is 1.83 bits per heavy atom. The van der Waals surface area contributed by atoms with Crippen LogP contribution in [0.2, 0.25) is 0 Å². The first-order valence-electron chi connectivity index (χ1n) is 7.55. The predicted octanol–water partition coefficient (Wildman–Crippen LogP) is 4.00. The summed E-state index contributed by atoms with van der Waals surface area (Å²) in [4.78, 5) is 4.68. The Kier molecular flexibility index (Phi) is 3.13. The van der Waals surface area contributed by atoms with Gasteiger partial charge in [0.2, 0.25) is 0 Å². The highest BCUT2D eigenvalue weighted by atomic mass is 16.3. The van der Waals surface area contributed by atoms with Crippen molar-refractivity contribution in [3.63, 3.8) is 0 Å². The molecule has 0 atom stereocenters. The number of anilines is 4. The zero-order chi connectivity index (χ0) is 16.7. The molecule has 5 nitrogen and oxygen atoms in total. The number of hydrogen-bond acceptors (Lipinski definition) is 5. The van der Waals surface area contributed by atoms with Gasteiger partial charge in [-0.15, -0.1) is 0 Å². The van der Waals surface area contributed by atoms with Crippen LogP contribution in [0, 0.1) is 0 Å². The first-order chi connectivity index (χ1) is 11.6. The summed E-state index contributed by atoms with van der Waals surface area (Å²) in [5, 5.41) is 14.8. The maximum Gasteiger partial charge on any atom is 0.115 e. The Morgan fingerprint density at radius 1 is 0.750 bits per heavy atom. The fraction of sp³-hybridized carbons (Fsp3) is 0. The molecule has 0 spiro atoms. The maximum absolute atomic E-state index is 9.46. The van der Waals surface area contributed by atoms with Gasteiger partial charge >= 0.3 is 0 Å². The minimum atomic E-state index is 0.227. The molecule has 24 heavy (non-hydrogen) atoms. The molecule has 0 aliphatic rings. The van der Waals surface area contributed by atoms with E-state index in [0.717, 1.165) is 33.2 Å². The van der Waals surface area contributed by atoms with Gasteiger partial charge in [-0.2, -0.15) is 0 Å². The number of phenols is 1. The van der Waals surface area contributed by atoms with Gasteiger partial charge in [0.25, 0.3) is 0 Å². The summed E-state index contributed by atoms with van der Waals surface area (Å²) in [7, 11) is 0. The number of aromatic nitrogens is 1. The summed E-state index contributed by atoms with van der Waals surface area (Å²) in [5.41, 5.74) is 16.5. The van der Waals surface area contributed by atoms with Crippen LogP contribution in [-0.4, -0.2) is 10.1 Å². The summed E-state index contributed by atoms with van der Waals surface area (Å²) >= 11 is 0. The average molecular weight is 316 g/mol. The molecule has 4 aromatic rings. The standard InChI is InChI=1S/C19H16N4O/c20-11-1-7-15-17(9-11)23-18-10-12(21)2-8-16(18)19(15)22-13-3-5-14(24)6-4-13/h1-10,24H,20-21H2,(H,22,23). The summed E-state index contributed by atoms with van der Waals surface area (Å²) in [6.45, 7) is 0. The molecule has 6 N–H and O–H groups in total. The SMILES string of the molecule is Nc1ccc2c(Nc3ccc(O)cc3)c3ccc(N)cc3nc2c1. The highest BCUT2D eigenvalue weighted by Crippen LogP contribution is 2.34. The lowest BCUT2D eigenvalue weighted by Gasteiger charge is -2.14. The Bertz CT molecular complexity index is 998. The van der Waals surface area contributed by atoms with E-state index in [1.807, 2.05) is 48.5 Å². The molecule has 118 valence electrons. The van der Waals surface area contributed by atoms with Crippen LogP contribution in [0.5, 0.6) is 5.75 Å². The lowest BCUT2D eigenvalue weighted by atomic mass is 10.1. The molecule has 0 radical (unpaired) electrons. The lowest BCUT2D eigenvalue weighted by Crippen LogP contribution is -1.97. The molecule has 1 heterocycles. The second kappa shape index (κ2) is 5.31. The van der Waals surface area contributed by atoms with Crippen LogP contribution in [0.3, 0.4) is 0 Å². The average Bonchev–Trinajstić information content (AvgIpc) is 2.56. The largest absolute Gasteiger partial charge is 0.508 e. The van der Waals surface area contributed by atoms with Crippen LogP contribution in [0.25, 0.3) is 21.8 Å². The summed E-state index contributed by atoms with van der Waals surface area (Å²) in [6, 6.07) is 18.2. The number of fused-ring (bicyclic) bond motifs is 2. The van der Waals surface area contributed by atoms with E-state index in [1.165, 1.54) is 0 Å². The van der Waals surface area contributed by atoms with E-state index in [-0.39, 0.29) is 5.75 Å². The maximum atomic E-state index is 9.46. The van der Waals surface area contributed by atoms with E-state index in [0.29, 0.717) is 11.4 Å². The first kappa shape index (κ1) is 14.1. The normalized spacial score (nSPS) is 11.0. The quantitative estimate of drug-likeness (QED) is 0.254. The van der Waals surface area contributed by atoms with Crippen molar-refractivity contribution in [3.8, 4) is 5.75 Å². The Hall–Kier alpha value is -3.47. The van der Waals surface area contributed by atoms with Gasteiger partial charge in [-0.05, 0) is 60.7 Å². The molecule has 0 aliphatic carbocycles. The van der Waals surface area contributed by atoms with Crippen LogP contribution >= 0.6 is 0 Å². The number of nitrogen functional groups attached to an aromatic ring is 2. The predicted molar refractivity (Wildman–Crippen MR) is 99.5 cm³/mol. The van der Waals surface area contributed by atoms with Gasteiger partial charge in [0.15, 0.2) is 0 Å². The van der Waals surface area contributed by atoms with Gasteiger partial charge in [0.1, 0.15) is 5.75 Å². The van der Waals surface area contributed by atoms with E-state index < -0.39 is 0 Å². The van der Waals surface area contributed by atoms with Gasteiger partial charge in [-0.25, -0.2) is 4.98 Å². The topological polar surface area (TPSA) is 97.2 Å². The molecule has 0 saturated heterocycles. The third kappa shape index (κ3) is 2.42. The number of nitrogens with zero attached hydrogens (tertiary/aromatic N) is 1. The van der Waals surface area contributed by atoms with Gasteiger partial charge in [-0.1, -0.05) is 0 Å². The molecule has 0 bridgehead atoms. The molecule has 0 aliphatic heterocycles. The van der Waals surface area contributed by atoms with Crippen molar-refractivity contribution in [2.24, 2.45) is 0 Å². The Balaban J connectivity index is 1.99. The van der Waals surface area contributed by atoms with Crippen LogP contribution in [-0.2, 0) is 0 Å². The van der Waals surface area contributed by atoms with E-state index in [2.05, 4.69) is 10.3 Å². The smallest absolute Gasteiger partial charge is 0.115 e. The number of phenolic OH excluding ortho intramolecular Hbond substituents is 1. The van der Waals surface area contributed by atoms with Gasteiger partial charge in [0, 0.05) is 27.8 Å². The van der Waals surface area contributed by atoms with Crippen LogP contribution in [0.1, 0.15) is 0 Å². The van der Waals surface area contributed by atoms with Crippen molar-refractivity contribution in [1.82, 2.24) is 4.98 Å². The minimum Gasteiger partial charge on any atom is -0.508 e. The molecule has 0 fully saturated rings. The molecular formula is C19H16N4O. The third-order valence-electron chi connectivity index (χ3n) is 3.96.